The van der Waals surface area contributed by atoms with Crippen molar-refractivity contribution in [1.82, 2.24) is 19.7 Å². The summed E-state index contributed by atoms with van der Waals surface area (Å²) in [6.45, 7) is 1.24. The molecule has 3 rings (SSSR count). The largest absolute Gasteiger partial charge is 0.389 e. The highest BCUT2D eigenvalue weighted by atomic mass is 19.4. The molecule has 23 heavy (non-hydrogen) atoms. The van der Waals surface area contributed by atoms with Gasteiger partial charge in [-0.2, -0.15) is 18.3 Å². The van der Waals surface area contributed by atoms with Gasteiger partial charge in [0.05, 0.1) is 12.2 Å². The smallest absolute Gasteiger partial charge is 0.381 e. The lowest BCUT2D eigenvalue weighted by Crippen LogP contribution is -2.21. The first-order valence-corrected chi connectivity index (χ1v) is 7.55. The average molecular weight is 330 g/mol. The number of H-pyrrole nitrogens is 1. The molecule has 0 radical (unpaired) electrons. The van der Waals surface area contributed by atoms with Gasteiger partial charge in [0.2, 0.25) is 0 Å². The molecule has 0 bridgehead atoms. The van der Waals surface area contributed by atoms with Crippen molar-refractivity contribution in [3.05, 3.63) is 22.4 Å². The van der Waals surface area contributed by atoms with E-state index >= 15 is 0 Å². The fourth-order valence-corrected chi connectivity index (χ4v) is 2.75. The molecule has 1 N–H and O–H groups in total. The van der Waals surface area contributed by atoms with Crippen molar-refractivity contribution in [1.29, 1.82) is 0 Å². The Morgan fingerprint density at radius 2 is 2.09 bits per heavy atom. The van der Waals surface area contributed by atoms with Crippen LogP contribution in [-0.4, -0.2) is 39.1 Å². The molecule has 1 fully saturated rings. The number of hydrogen-bond acceptors (Lipinski definition) is 4. The first-order valence-electron chi connectivity index (χ1n) is 7.55. The first kappa shape index (κ1) is 16.0. The number of aryl methyl sites for hydroxylation is 1. The van der Waals surface area contributed by atoms with Crippen molar-refractivity contribution < 1.29 is 17.9 Å². The summed E-state index contributed by atoms with van der Waals surface area (Å²) in [5.74, 6) is 0.264. The van der Waals surface area contributed by atoms with Crippen molar-refractivity contribution >= 4 is 11.0 Å². The predicted octanol–water partition coefficient (Wildman–Crippen LogP) is 2.36. The van der Waals surface area contributed by atoms with Crippen molar-refractivity contribution in [2.75, 3.05) is 13.2 Å². The SMILES string of the molecule is O=c1[nH]c(CCCC(F)(F)F)nc2c1cnn2C1CCOCC1. The summed E-state index contributed by atoms with van der Waals surface area (Å²) in [6, 6.07) is 0.0959. The molecule has 0 aliphatic carbocycles. The van der Waals surface area contributed by atoms with Gasteiger partial charge in [0.25, 0.3) is 5.56 Å². The lowest BCUT2D eigenvalue weighted by molar-refractivity contribution is -0.135. The quantitative estimate of drug-likeness (QED) is 0.934. The van der Waals surface area contributed by atoms with Crippen LogP contribution in [0.25, 0.3) is 11.0 Å². The van der Waals surface area contributed by atoms with E-state index in [4.69, 9.17) is 4.74 Å². The zero-order chi connectivity index (χ0) is 16.4. The van der Waals surface area contributed by atoms with Crippen molar-refractivity contribution in [2.24, 2.45) is 0 Å². The maximum absolute atomic E-state index is 12.2. The summed E-state index contributed by atoms with van der Waals surface area (Å²) in [5, 5.41) is 4.60. The second-order valence-corrected chi connectivity index (χ2v) is 5.65. The van der Waals surface area contributed by atoms with Gasteiger partial charge in [-0.3, -0.25) is 4.79 Å². The van der Waals surface area contributed by atoms with E-state index in [0.717, 1.165) is 12.8 Å². The van der Waals surface area contributed by atoms with E-state index in [-0.39, 0.29) is 30.3 Å². The van der Waals surface area contributed by atoms with Gasteiger partial charge < -0.3 is 9.72 Å². The van der Waals surface area contributed by atoms with Crippen LogP contribution in [0, 0.1) is 0 Å². The van der Waals surface area contributed by atoms with E-state index < -0.39 is 12.6 Å². The van der Waals surface area contributed by atoms with Gasteiger partial charge in [-0.1, -0.05) is 0 Å². The average Bonchev–Trinajstić information content (AvgIpc) is 2.91. The van der Waals surface area contributed by atoms with Gasteiger partial charge in [0, 0.05) is 26.1 Å². The van der Waals surface area contributed by atoms with E-state index in [1.54, 1.807) is 4.68 Å². The van der Waals surface area contributed by atoms with Crippen LogP contribution in [0.15, 0.2) is 11.0 Å². The third-order valence-corrected chi connectivity index (χ3v) is 3.92. The second-order valence-electron chi connectivity index (χ2n) is 5.65. The Morgan fingerprint density at radius 1 is 1.35 bits per heavy atom. The molecular weight excluding hydrogens is 313 g/mol. The number of aromatic nitrogens is 4. The van der Waals surface area contributed by atoms with Gasteiger partial charge >= 0.3 is 6.18 Å². The molecule has 0 saturated carbocycles. The Hall–Kier alpha value is -1.90. The van der Waals surface area contributed by atoms with Crippen molar-refractivity contribution in [2.45, 2.75) is 44.3 Å². The summed E-state index contributed by atoms with van der Waals surface area (Å²) in [7, 11) is 0. The topological polar surface area (TPSA) is 72.8 Å². The number of fused-ring (bicyclic) bond motifs is 1. The van der Waals surface area contributed by atoms with E-state index in [9.17, 15) is 18.0 Å². The summed E-state index contributed by atoms with van der Waals surface area (Å²) in [5.41, 5.74) is 0.0676. The van der Waals surface area contributed by atoms with Crippen molar-refractivity contribution in [3.63, 3.8) is 0 Å². The van der Waals surface area contributed by atoms with Crippen LogP contribution in [0.5, 0.6) is 0 Å². The normalized spacial score (nSPS) is 17.0. The van der Waals surface area contributed by atoms with Gasteiger partial charge in [-0.05, 0) is 19.3 Å². The summed E-state index contributed by atoms with van der Waals surface area (Å²) < 4.78 is 43.7. The number of rotatable bonds is 4. The first-order chi connectivity index (χ1) is 10.9. The Morgan fingerprint density at radius 3 is 2.78 bits per heavy atom. The van der Waals surface area contributed by atoms with Crippen LogP contribution >= 0.6 is 0 Å². The monoisotopic (exact) mass is 330 g/mol. The van der Waals surface area contributed by atoms with E-state index in [1.807, 2.05) is 0 Å². The molecule has 1 aliphatic heterocycles. The number of nitrogens with zero attached hydrogens (tertiary/aromatic N) is 3. The number of ether oxygens (including phenoxy) is 1. The van der Waals surface area contributed by atoms with Gasteiger partial charge in [0.1, 0.15) is 11.2 Å². The fourth-order valence-electron chi connectivity index (χ4n) is 2.75. The van der Waals surface area contributed by atoms with E-state index in [1.165, 1.54) is 6.20 Å². The Balaban J connectivity index is 1.85. The number of hydrogen-bond donors (Lipinski definition) is 1. The maximum atomic E-state index is 12.2. The third kappa shape index (κ3) is 3.72. The number of halogens is 3. The molecule has 0 atom stereocenters. The lowest BCUT2D eigenvalue weighted by Gasteiger charge is -2.22. The van der Waals surface area contributed by atoms with Crippen LogP contribution in [0.4, 0.5) is 13.2 Å². The van der Waals surface area contributed by atoms with Gasteiger partial charge in [-0.15, -0.1) is 0 Å². The highest BCUT2D eigenvalue weighted by Crippen LogP contribution is 2.24. The summed E-state index contributed by atoms with van der Waals surface area (Å²) in [4.78, 5) is 18.9. The summed E-state index contributed by atoms with van der Waals surface area (Å²) in [6.07, 6.45) is -2.13. The predicted molar refractivity (Wildman–Crippen MR) is 76.2 cm³/mol. The molecule has 0 spiro atoms. The van der Waals surface area contributed by atoms with Crippen LogP contribution in [0.3, 0.4) is 0 Å². The molecule has 9 heteroatoms. The molecule has 2 aromatic heterocycles. The van der Waals surface area contributed by atoms with Crippen LogP contribution in [-0.2, 0) is 11.2 Å². The Bertz CT molecular complexity index is 732. The zero-order valence-electron chi connectivity index (χ0n) is 12.4. The Kier molecular flexibility index (Phi) is 4.38. The highest BCUT2D eigenvalue weighted by molar-refractivity contribution is 5.73. The minimum Gasteiger partial charge on any atom is -0.381 e. The standard InChI is InChI=1S/C14H17F3N4O2/c15-14(16,17)5-1-2-11-19-12-10(13(22)20-11)8-18-21(12)9-3-6-23-7-4-9/h8-9H,1-7H2,(H,19,20,22). The fraction of sp³-hybridized carbons (Fsp3) is 0.643. The molecule has 6 nitrogen and oxygen atoms in total. The molecule has 1 saturated heterocycles. The molecule has 2 aromatic rings. The van der Waals surface area contributed by atoms with Crippen LogP contribution < -0.4 is 5.56 Å². The van der Waals surface area contributed by atoms with Gasteiger partial charge in [0.15, 0.2) is 5.65 Å². The Labute approximate surface area is 129 Å². The molecule has 0 aromatic carbocycles. The number of nitrogens with one attached hydrogen (secondary N) is 1. The summed E-state index contributed by atoms with van der Waals surface area (Å²) >= 11 is 0. The molecule has 3 heterocycles. The zero-order valence-corrected chi connectivity index (χ0v) is 12.4. The highest BCUT2D eigenvalue weighted by Gasteiger charge is 2.26. The lowest BCUT2D eigenvalue weighted by atomic mass is 10.1. The van der Waals surface area contributed by atoms with Crippen LogP contribution in [0.2, 0.25) is 0 Å². The molecular formula is C14H17F3N4O2. The minimum atomic E-state index is -4.20. The van der Waals surface area contributed by atoms with Gasteiger partial charge in [-0.25, -0.2) is 9.67 Å². The molecule has 1 aliphatic rings. The molecule has 126 valence electrons. The molecule has 0 unspecified atom stereocenters. The molecule has 0 amide bonds. The van der Waals surface area contributed by atoms with Crippen LogP contribution in [0.1, 0.15) is 37.5 Å². The van der Waals surface area contributed by atoms with E-state index in [2.05, 4.69) is 15.1 Å². The number of aromatic amines is 1. The van der Waals surface area contributed by atoms with Crippen molar-refractivity contribution in [3.8, 4) is 0 Å². The maximum Gasteiger partial charge on any atom is 0.389 e. The second kappa shape index (κ2) is 6.31. The number of alkyl halides is 3. The minimum absolute atomic E-state index is 0.0731. The van der Waals surface area contributed by atoms with E-state index in [0.29, 0.717) is 24.2 Å². The third-order valence-electron chi connectivity index (χ3n) is 3.92.